The minimum atomic E-state index is -0.505. The largest absolute Gasteiger partial charge is 0.444 e. The van der Waals surface area contributed by atoms with Crippen molar-refractivity contribution in [1.29, 1.82) is 0 Å². The molecule has 1 rings (SSSR count). The molecule has 6 heteroatoms. The first-order valence-electron chi connectivity index (χ1n) is 9.76. The van der Waals surface area contributed by atoms with E-state index in [4.69, 9.17) is 4.74 Å². The summed E-state index contributed by atoms with van der Waals surface area (Å²) in [5, 5.41) is 2.72. The molecule has 0 saturated heterocycles. The molecule has 0 fully saturated rings. The number of carbonyl (C=O) groups is 2. The Balaban J connectivity index is 2.58. The number of rotatable bonds is 9. The number of ether oxygens (including phenoxy) is 1. The molecule has 0 unspecified atom stereocenters. The Kier molecular flexibility index (Phi) is 8.73. The van der Waals surface area contributed by atoms with Crippen LogP contribution in [0.2, 0.25) is 0 Å². The fourth-order valence-corrected chi connectivity index (χ4v) is 2.96. The summed E-state index contributed by atoms with van der Waals surface area (Å²) in [7, 11) is 0. The van der Waals surface area contributed by atoms with E-state index in [9.17, 15) is 9.59 Å². The predicted molar refractivity (Wildman–Crippen MR) is 109 cm³/mol. The van der Waals surface area contributed by atoms with Gasteiger partial charge in [-0.2, -0.15) is 0 Å². The number of anilines is 1. The Morgan fingerprint density at radius 3 is 2.33 bits per heavy atom. The van der Waals surface area contributed by atoms with Crippen molar-refractivity contribution >= 4 is 17.7 Å². The molecule has 0 saturated carbocycles. The molecule has 0 aliphatic rings. The Hall–Kier alpha value is -2.11. The molecule has 0 aliphatic carbocycles. The number of aromatic nitrogens is 1. The van der Waals surface area contributed by atoms with Crippen LogP contribution in [-0.4, -0.2) is 41.1 Å². The standard InChI is InChI=1S/C21H35N3O3/c1-15(2)24(16(3)4)19-17(11-10-14-22-19)18(25)12-8-9-13-23-20(26)27-21(5,6)7/h10-11,14-16H,8-9,12-13H2,1-7H3,(H,23,26). The van der Waals surface area contributed by atoms with Crippen molar-refractivity contribution in [3.05, 3.63) is 23.9 Å². The van der Waals surface area contributed by atoms with Crippen molar-refractivity contribution in [1.82, 2.24) is 10.3 Å². The van der Waals surface area contributed by atoms with Crippen LogP contribution in [0.15, 0.2) is 18.3 Å². The number of pyridine rings is 1. The highest BCUT2D eigenvalue weighted by atomic mass is 16.6. The summed E-state index contributed by atoms with van der Waals surface area (Å²) < 4.78 is 5.19. The number of hydrogen-bond donors (Lipinski definition) is 1. The molecule has 1 aromatic heterocycles. The van der Waals surface area contributed by atoms with E-state index in [2.05, 4.69) is 42.9 Å². The topological polar surface area (TPSA) is 71.5 Å². The van der Waals surface area contributed by atoms with Gasteiger partial charge in [0.05, 0.1) is 5.56 Å². The Morgan fingerprint density at radius 2 is 1.78 bits per heavy atom. The van der Waals surface area contributed by atoms with Crippen molar-refractivity contribution in [3.8, 4) is 0 Å². The minimum Gasteiger partial charge on any atom is -0.444 e. The van der Waals surface area contributed by atoms with Crippen LogP contribution >= 0.6 is 0 Å². The predicted octanol–water partition coefficient (Wildman–Crippen LogP) is 4.58. The molecule has 1 amide bonds. The van der Waals surface area contributed by atoms with Gasteiger partial charge in [0.2, 0.25) is 0 Å². The Labute approximate surface area is 163 Å². The number of carbonyl (C=O) groups excluding carboxylic acids is 2. The second-order valence-electron chi connectivity index (χ2n) is 8.28. The van der Waals surface area contributed by atoms with E-state index in [0.717, 1.165) is 12.2 Å². The van der Waals surface area contributed by atoms with E-state index in [1.54, 1.807) is 12.3 Å². The maximum atomic E-state index is 12.7. The third-order valence-electron chi connectivity index (χ3n) is 3.94. The van der Waals surface area contributed by atoms with Crippen LogP contribution in [0.4, 0.5) is 10.6 Å². The van der Waals surface area contributed by atoms with Gasteiger partial charge in [0.25, 0.3) is 0 Å². The summed E-state index contributed by atoms with van der Waals surface area (Å²) in [6.07, 6.45) is 3.16. The minimum absolute atomic E-state index is 0.0849. The van der Waals surface area contributed by atoms with Gasteiger partial charge in [0, 0.05) is 31.2 Å². The molecule has 6 nitrogen and oxygen atoms in total. The first-order chi connectivity index (χ1) is 12.5. The molecule has 0 aromatic carbocycles. The molecule has 1 N–H and O–H groups in total. The molecule has 1 heterocycles. The van der Waals surface area contributed by atoms with Crippen LogP contribution in [0.25, 0.3) is 0 Å². The Bertz CT molecular complexity index is 613. The second-order valence-corrected chi connectivity index (χ2v) is 8.28. The number of unbranched alkanes of at least 4 members (excludes halogenated alkanes) is 1. The summed E-state index contributed by atoms with van der Waals surface area (Å²) in [5.74, 6) is 0.834. The van der Waals surface area contributed by atoms with E-state index >= 15 is 0 Å². The first-order valence-corrected chi connectivity index (χ1v) is 9.76. The van der Waals surface area contributed by atoms with Gasteiger partial charge < -0.3 is 15.0 Å². The SMILES string of the molecule is CC(C)N(c1ncccc1C(=O)CCCCNC(=O)OC(C)(C)C)C(C)C. The van der Waals surface area contributed by atoms with E-state index in [1.807, 2.05) is 26.8 Å². The van der Waals surface area contributed by atoms with Gasteiger partial charge >= 0.3 is 6.09 Å². The molecule has 0 aliphatic heterocycles. The highest BCUT2D eigenvalue weighted by Gasteiger charge is 2.22. The van der Waals surface area contributed by atoms with Gasteiger partial charge in [-0.15, -0.1) is 0 Å². The average molecular weight is 378 g/mol. The molecule has 1 aromatic rings. The number of hydrogen-bond acceptors (Lipinski definition) is 5. The van der Waals surface area contributed by atoms with Crippen molar-refractivity contribution < 1.29 is 14.3 Å². The lowest BCUT2D eigenvalue weighted by Gasteiger charge is -2.33. The van der Waals surface area contributed by atoms with E-state index in [0.29, 0.717) is 24.9 Å². The van der Waals surface area contributed by atoms with Gasteiger partial charge in [-0.1, -0.05) is 0 Å². The molecular weight excluding hydrogens is 342 g/mol. The zero-order valence-corrected chi connectivity index (χ0v) is 17.8. The summed E-state index contributed by atoms with van der Waals surface area (Å²) in [5.41, 5.74) is 0.162. The van der Waals surface area contributed by atoms with Gasteiger partial charge in [0.1, 0.15) is 11.4 Å². The molecular formula is C21H35N3O3. The van der Waals surface area contributed by atoms with E-state index in [1.165, 1.54) is 0 Å². The third-order valence-corrected chi connectivity index (χ3v) is 3.94. The lowest BCUT2D eigenvalue weighted by molar-refractivity contribution is 0.0527. The average Bonchev–Trinajstić information content (AvgIpc) is 2.52. The van der Waals surface area contributed by atoms with Crippen LogP contribution < -0.4 is 10.2 Å². The lowest BCUT2D eigenvalue weighted by atomic mass is 10.0. The number of nitrogens with one attached hydrogen (secondary N) is 1. The van der Waals surface area contributed by atoms with Gasteiger partial charge in [0.15, 0.2) is 5.78 Å². The summed E-state index contributed by atoms with van der Waals surface area (Å²) in [6.45, 7) is 14.4. The quantitative estimate of drug-likeness (QED) is 0.504. The molecule has 0 bridgehead atoms. The van der Waals surface area contributed by atoms with Crippen LogP contribution in [0.1, 0.15) is 78.1 Å². The number of amides is 1. The summed E-state index contributed by atoms with van der Waals surface area (Å²) in [6, 6.07) is 4.16. The van der Waals surface area contributed by atoms with Gasteiger partial charge in [-0.3, -0.25) is 4.79 Å². The molecule has 0 spiro atoms. The fourth-order valence-electron chi connectivity index (χ4n) is 2.96. The lowest BCUT2D eigenvalue weighted by Crippen LogP contribution is -2.38. The highest BCUT2D eigenvalue weighted by Crippen LogP contribution is 2.24. The van der Waals surface area contributed by atoms with Crippen LogP contribution in [0.3, 0.4) is 0 Å². The van der Waals surface area contributed by atoms with Crippen LogP contribution in [-0.2, 0) is 4.74 Å². The maximum absolute atomic E-state index is 12.7. The second kappa shape index (κ2) is 10.3. The van der Waals surface area contributed by atoms with E-state index in [-0.39, 0.29) is 17.9 Å². The zero-order valence-electron chi connectivity index (χ0n) is 17.8. The number of nitrogens with zero attached hydrogens (tertiary/aromatic N) is 2. The van der Waals surface area contributed by atoms with Crippen molar-refractivity contribution in [2.24, 2.45) is 0 Å². The fraction of sp³-hybridized carbons (Fsp3) is 0.667. The smallest absolute Gasteiger partial charge is 0.407 e. The monoisotopic (exact) mass is 377 g/mol. The summed E-state index contributed by atoms with van der Waals surface area (Å²) in [4.78, 5) is 31.0. The van der Waals surface area contributed by atoms with Crippen molar-refractivity contribution in [2.75, 3.05) is 11.4 Å². The van der Waals surface area contributed by atoms with E-state index < -0.39 is 11.7 Å². The molecule has 152 valence electrons. The van der Waals surface area contributed by atoms with Crippen LogP contribution in [0.5, 0.6) is 0 Å². The highest BCUT2D eigenvalue weighted by molar-refractivity contribution is 6.00. The van der Waals surface area contributed by atoms with Crippen molar-refractivity contribution in [3.63, 3.8) is 0 Å². The number of ketones is 1. The third kappa shape index (κ3) is 7.97. The molecule has 27 heavy (non-hydrogen) atoms. The normalized spacial score (nSPS) is 11.6. The zero-order chi connectivity index (χ0) is 20.6. The summed E-state index contributed by atoms with van der Waals surface area (Å²) >= 11 is 0. The molecule has 0 atom stereocenters. The van der Waals surface area contributed by atoms with Gasteiger partial charge in [-0.25, -0.2) is 9.78 Å². The number of Topliss-reactive ketones (excluding diaryl/α,β-unsaturated/α-hetero) is 1. The van der Waals surface area contributed by atoms with Gasteiger partial charge in [-0.05, 0) is 73.4 Å². The first kappa shape index (κ1) is 22.9. The van der Waals surface area contributed by atoms with Crippen molar-refractivity contribution in [2.45, 2.75) is 85.4 Å². The molecule has 0 radical (unpaired) electrons. The maximum Gasteiger partial charge on any atom is 0.407 e. The van der Waals surface area contributed by atoms with Crippen LogP contribution in [0, 0.1) is 0 Å². The Morgan fingerprint density at radius 1 is 1.15 bits per heavy atom. The number of alkyl carbamates (subject to hydrolysis) is 1.